The molecule has 0 spiro atoms. The molecule has 2 aliphatic carbocycles. The van der Waals surface area contributed by atoms with Crippen LogP contribution in [0.3, 0.4) is 0 Å². The molecule has 5 heteroatoms. The average Bonchev–Trinajstić information content (AvgIpc) is 2.74. The number of aromatic nitrogens is 3. The van der Waals surface area contributed by atoms with Gasteiger partial charge in [0, 0.05) is 10.9 Å². The monoisotopic (exact) mass is 246 g/mol. The SMILES string of the molecule is Nc1sc2c(c1-c1nncn1C1CC1)CCC2. The number of hydrogen-bond acceptors (Lipinski definition) is 4. The molecule has 1 saturated carbocycles. The second-order valence-corrected chi connectivity index (χ2v) is 6.03. The maximum Gasteiger partial charge on any atom is 0.167 e. The van der Waals surface area contributed by atoms with Crippen molar-refractivity contribution in [1.29, 1.82) is 0 Å². The highest BCUT2D eigenvalue weighted by molar-refractivity contribution is 7.16. The number of rotatable bonds is 2. The van der Waals surface area contributed by atoms with E-state index in [1.54, 1.807) is 11.3 Å². The summed E-state index contributed by atoms with van der Waals surface area (Å²) in [4.78, 5) is 1.46. The first kappa shape index (κ1) is 9.65. The van der Waals surface area contributed by atoms with Crippen molar-refractivity contribution in [2.75, 3.05) is 5.73 Å². The summed E-state index contributed by atoms with van der Waals surface area (Å²) < 4.78 is 2.21. The molecular formula is C12H14N4S. The summed E-state index contributed by atoms with van der Waals surface area (Å²) in [6.45, 7) is 0. The van der Waals surface area contributed by atoms with Gasteiger partial charge in [-0.3, -0.25) is 0 Å². The van der Waals surface area contributed by atoms with Gasteiger partial charge in [0.05, 0.1) is 10.6 Å². The molecule has 1 fully saturated rings. The van der Waals surface area contributed by atoms with Crippen LogP contribution in [-0.4, -0.2) is 14.8 Å². The number of hydrogen-bond donors (Lipinski definition) is 1. The standard InChI is InChI=1S/C12H14N4S/c13-11-10(8-2-1-3-9(8)17-11)12-15-14-6-16(12)7-4-5-7/h6-7H,1-5,13H2. The molecule has 0 unspecified atom stereocenters. The Morgan fingerprint density at radius 2 is 2.24 bits per heavy atom. The van der Waals surface area contributed by atoms with E-state index in [0.29, 0.717) is 6.04 Å². The van der Waals surface area contributed by atoms with Gasteiger partial charge in [-0.25, -0.2) is 0 Å². The van der Waals surface area contributed by atoms with Crippen molar-refractivity contribution < 1.29 is 0 Å². The van der Waals surface area contributed by atoms with Crippen LogP contribution in [-0.2, 0) is 12.8 Å². The lowest BCUT2D eigenvalue weighted by Crippen LogP contribution is -1.99. The number of fused-ring (bicyclic) bond motifs is 1. The van der Waals surface area contributed by atoms with Crippen LogP contribution < -0.4 is 5.73 Å². The fourth-order valence-corrected chi connectivity index (χ4v) is 3.87. The average molecular weight is 246 g/mol. The van der Waals surface area contributed by atoms with Crippen LogP contribution >= 0.6 is 11.3 Å². The zero-order valence-electron chi connectivity index (χ0n) is 9.52. The van der Waals surface area contributed by atoms with E-state index in [9.17, 15) is 0 Å². The lowest BCUT2D eigenvalue weighted by Gasteiger charge is -2.05. The van der Waals surface area contributed by atoms with Gasteiger partial charge in [-0.05, 0) is 37.7 Å². The first-order valence-corrected chi connectivity index (χ1v) is 6.96. The van der Waals surface area contributed by atoms with Crippen LogP contribution in [0.4, 0.5) is 5.00 Å². The Morgan fingerprint density at radius 1 is 1.35 bits per heavy atom. The van der Waals surface area contributed by atoms with E-state index in [2.05, 4.69) is 14.8 Å². The molecular weight excluding hydrogens is 232 g/mol. The van der Waals surface area contributed by atoms with Crippen molar-refractivity contribution in [2.24, 2.45) is 0 Å². The summed E-state index contributed by atoms with van der Waals surface area (Å²) in [5.41, 5.74) is 8.78. The molecule has 4 rings (SSSR count). The molecule has 0 saturated heterocycles. The van der Waals surface area contributed by atoms with E-state index in [4.69, 9.17) is 5.73 Å². The Labute approximate surface area is 103 Å². The minimum atomic E-state index is 0.608. The van der Waals surface area contributed by atoms with Crippen LogP contribution in [0.2, 0.25) is 0 Å². The largest absolute Gasteiger partial charge is 0.390 e. The number of anilines is 1. The van der Waals surface area contributed by atoms with E-state index >= 15 is 0 Å². The van der Waals surface area contributed by atoms with Crippen molar-refractivity contribution >= 4 is 16.3 Å². The molecule has 4 nitrogen and oxygen atoms in total. The molecule has 2 heterocycles. The molecule has 0 aliphatic heterocycles. The van der Waals surface area contributed by atoms with Crippen LogP contribution in [0.25, 0.3) is 11.4 Å². The molecule has 2 aliphatic rings. The lowest BCUT2D eigenvalue weighted by atomic mass is 10.1. The Bertz CT molecular complexity index is 579. The molecule has 2 N–H and O–H groups in total. The van der Waals surface area contributed by atoms with Crippen LogP contribution in [0.1, 0.15) is 35.7 Å². The fraction of sp³-hybridized carbons (Fsp3) is 0.500. The predicted octanol–water partition coefficient (Wildman–Crippen LogP) is 2.41. The summed E-state index contributed by atoms with van der Waals surface area (Å²) in [5.74, 6) is 0.990. The van der Waals surface area contributed by atoms with Crippen LogP contribution in [0.5, 0.6) is 0 Å². The van der Waals surface area contributed by atoms with Crippen molar-refractivity contribution in [3.05, 3.63) is 16.8 Å². The van der Waals surface area contributed by atoms with E-state index in [-0.39, 0.29) is 0 Å². The third kappa shape index (κ3) is 1.35. The second-order valence-electron chi connectivity index (χ2n) is 4.89. The Hall–Kier alpha value is -1.36. The normalized spacial score (nSPS) is 18.6. The van der Waals surface area contributed by atoms with Gasteiger partial charge in [-0.2, -0.15) is 0 Å². The number of nitrogens with two attached hydrogens (primary N) is 1. The topological polar surface area (TPSA) is 56.7 Å². The molecule has 0 aromatic carbocycles. The van der Waals surface area contributed by atoms with E-state index < -0.39 is 0 Å². The highest BCUT2D eigenvalue weighted by atomic mass is 32.1. The van der Waals surface area contributed by atoms with Gasteiger partial charge in [0.2, 0.25) is 0 Å². The van der Waals surface area contributed by atoms with Crippen molar-refractivity contribution in [1.82, 2.24) is 14.8 Å². The fourth-order valence-electron chi connectivity index (χ4n) is 2.71. The summed E-state index contributed by atoms with van der Waals surface area (Å²) in [7, 11) is 0. The minimum Gasteiger partial charge on any atom is -0.390 e. The number of nitrogen functional groups attached to an aromatic ring is 1. The molecule has 0 atom stereocenters. The van der Waals surface area contributed by atoms with Crippen molar-refractivity contribution in [3.63, 3.8) is 0 Å². The summed E-state index contributed by atoms with van der Waals surface area (Å²) >= 11 is 1.74. The maximum absolute atomic E-state index is 6.17. The van der Waals surface area contributed by atoms with Gasteiger partial charge in [0.15, 0.2) is 5.82 Å². The van der Waals surface area contributed by atoms with Gasteiger partial charge in [0.25, 0.3) is 0 Å². The zero-order chi connectivity index (χ0) is 11.4. The highest BCUT2D eigenvalue weighted by Gasteiger charge is 2.30. The summed E-state index contributed by atoms with van der Waals surface area (Å²) in [5, 5.41) is 9.29. The maximum atomic E-state index is 6.17. The summed E-state index contributed by atoms with van der Waals surface area (Å²) in [6, 6.07) is 0.608. The molecule has 2 aromatic rings. The number of thiophene rings is 1. The van der Waals surface area contributed by atoms with Gasteiger partial charge in [-0.1, -0.05) is 0 Å². The van der Waals surface area contributed by atoms with Gasteiger partial charge < -0.3 is 10.3 Å². The Kier molecular flexibility index (Phi) is 1.88. The van der Waals surface area contributed by atoms with Gasteiger partial charge in [-0.15, -0.1) is 21.5 Å². The van der Waals surface area contributed by atoms with Crippen molar-refractivity contribution in [2.45, 2.75) is 38.1 Å². The Balaban J connectivity index is 1.90. The third-order valence-electron chi connectivity index (χ3n) is 3.69. The third-order valence-corrected chi connectivity index (χ3v) is 4.81. The smallest absolute Gasteiger partial charge is 0.167 e. The van der Waals surface area contributed by atoms with Gasteiger partial charge in [0.1, 0.15) is 6.33 Å². The van der Waals surface area contributed by atoms with Gasteiger partial charge >= 0.3 is 0 Å². The predicted molar refractivity (Wildman–Crippen MR) is 68.0 cm³/mol. The first-order chi connectivity index (χ1) is 8.34. The molecule has 0 bridgehead atoms. The molecule has 2 aromatic heterocycles. The Morgan fingerprint density at radius 3 is 3.06 bits per heavy atom. The first-order valence-electron chi connectivity index (χ1n) is 6.14. The van der Waals surface area contributed by atoms with E-state index in [1.807, 2.05) is 6.33 Å². The molecule has 0 radical (unpaired) electrons. The molecule has 17 heavy (non-hydrogen) atoms. The minimum absolute atomic E-state index is 0.608. The van der Waals surface area contributed by atoms with Crippen molar-refractivity contribution in [3.8, 4) is 11.4 Å². The highest BCUT2D eigenvalue weighted by Crippen LogP contribution is 2.45. The lowest BCUT2D eigenvalue weighted by molar-refractivity contribution is 0.745. The van der Waals surface area contributed by atoms with Crippen LogP contribution in [0, 0.1) is 0 Å². The second kappa shape index (κ2) is 3.32. The zero-order valence-corrected chi connectivity index (χ0v) is 10.3. The number of aryl methyl sites for hydroxylation is 1. The van der Waals surface area contributed by atoms with Crippen LogP contribution in [0.15, 0.2) is 6.33 Å². The molecule has 0 amide bonds. The number of nitrogens with zero attached hydrogens (tertiary/aromatic N) is 3. The molecule has 88 valence electrons. The van der Waals surface area contributed by atoms with E-state index in [1.165, 1.54) is 41.7 Å². The van der Waals surface area contributed by atoms with E-state index in [0.717, 1.165) is 17.2 Å². The summed E-state index contributed by atoms with van der Waals surface area (Å²) in [6.07, 6.45) is 7.93. The quantitative estimate of drug-likeness (QED) is 0.885.